The Hall–Kier alpha value is -0.398. The Morgan fingerprint density at radius 1 is 1.29 bits per heavy atom. The molecule has 0 aliphatic heterocycles. The Labute approximate surface area is 50.8 Å². The van der Waals surface area contributed by atoms with Crippen molar-refractivity contribution in [2.75, 3.05) is 0 Å². The van der Waals surface area contributed by atoms with E-state index in [4.69, 9.17) is 0 Å². The molecule has 5 heteroatoms. The summed E-state index contributed by atoms with van der Waals surface area (Å²) in [4.78, 5) is 0. The van der Waals surface area contributed by atoms with Crippen molar-refractivity contribution < 1.29 is 19.2 Å². The first kappa shape index (κ1) is 4.75. The van der Waals surface area contributed by atoms with E-state index in [0.29, 0.717) is 4.30 Å². The third-order valence-corrected chi connectivity index (χ3v) is 0.927. The Balaban J connectivity index is 3.02. The minimum absolute atomic E-state index is 0.655. The van der Waals surface area contributed by atoms with Gasteiger partial charge in [0.1, 0.15) is 0 Å². The summed E-state index contributed by atoms with van der Waals surface area (Å²) in [5.74, 6) is 0. The Morgan fingerprint density at radius 3 is 2.14 bits per heavy atom. The van der Waals surface area contributed by atoms with Crippen LogP contribution in [-0.2, 0) is 19.2 Å². The van der Waals surface area contributed by atoms with Gasteiger partial charge in [-0.3, -0.25) is 0 Å². The SMILES string of the molecule is [Re][c]1nncnn1. The van der Waals surface area contributed by atoms with E-state index in [2.05, 4.69) is 20.4 Å². The molecule has 7 heavy (non-hydrogen) atoms. The van der Waals surface area contributed by atoms with E-state index in [0.717, 1.165) is 0 Å². The monoisotopic (exact) mass is 268 g/mol. The van der Waals surface area contributed by atoms with Gasteiger partial charge in [-0.25, -0.2) is 0 Å². The topological polar surface area (TPSA) is 51.6 Å². The fourth-order valence-corrected chi connectivity index (χ4v) is 0.504. The Kier molecular flexibility index (Phi) is 1.39. The second-order valence-corrected chi connectivity index (χ2v) is 2.03. The van der Waals surface area contributed by atoms with E-state index in [1.54, 1.807) is 0 Å². The molecular formula is C2HN4Re. The molecule has 0 aliphatic carbocycles. The van der Waals surface area contributed by atoms with Gasteiger partial charge in [0.15, 0.2) is 0 Å². The van der Waals surface area contributed by atoms with Gasteiger partial charge in [0, 0.05) is 0 Å². The number of rotatable bonds is 0. The third-order valence-electron chi connectivity index (χ3n) is 0.384. The van der Waals surface area contributed by atoms with Gasteiger partial charge in [-0.05, 0) is 0 Å². The van der Waals surface area contributed by atoms with Crippen LogP contribution >= 0.6 is 0 Å². The van der Waals surface area contributed by atoms with Crippen LogP contribution in [0.1, 0.15) is 0 Å². The summed E-state index contributed by atoms with van der Waals surface area (Å²) in [7, 11) is 0. The van der Waals surface area contributed by atoms with Gasteiger partial charge in [-0.1, -0.05) is 0 Å². The van der Waals surface area contributed by atoms with Gasteiger partial charge >= 0.3 is 50.2 Å². The zero-order valence-electron chi connectivity index (χ0n) is 3.24. The first-order chi connectivity index (χ1) is 3.39. The predicted octanol–water partition coefficient (Wildman–Crippen LogP) is -1.56. The first-order valence-corrected chi connectivity index (χ1v) is 2.91. The maximum atomic E-state index is 3.58. The van der Waals surface area contributed by atoms with Gasteiger partial charge in [0.2, 0.25) is 0 Å². The van der Waals surface area contributed by atoms with Crippen LogP contribution in [0.5, 0.6) is 0 Å². The van der Waals surface area contributed by atoms with Crippen molar-refractivity contribution in [3.63, 3.8) is 0 Å². The van der Waals surface area contributed by atoms with Crippen LogP contribution < -0.4 is 4.30 Å². The average molecular weight is 267 g/mol. The number of hydrogen-bond acceptors (Lipinski definition) is 4. The molecule has 0 radical (unpaired) electrons. The van der Waals surface area contributed by atoms with Crippen LogP contribution in [-0.4, -0.2) is 20.4 Å². The molecule has 0 atom stereocenters. The van der Waals surface area contributed by atoms with Gasteiger partial charge in [0.05, 0.1) is 0 Å². The fraction of sp³-hybridized carbons (Fsp3) is 0. The molecule has 0 aromatic carbocycles. The van der Waals surface area contributed by atoms with Crippen LogP contribution in [0.2, 0.25) is 0 Å². The molecule has 0 saturated carbocycles. The summed E-state index contributed by atoms with van der Waals surface area (Å²) in [6.45, 7) is 0. The van der Waals surface area contributed by atoms with Crippen LogP contribution in [0.25, 0.3) is 0 Å². The van der Waals surface area contributed by atoms with Crippen LogP contribution in [0.3, 0.4) is 0 Å². The van der Waals surface area contributed by atoms with Gasteiger partial charge in [-0.15, -0.1) is 0 Å². The van der Waals surface area contributed by atoms with Crippen molar-refractivity contribution in [3.05, 3.63) is 6.33 Å². The molecule has 4 nitrogen and oxygen atoms in total. The van der Waals surface area contributed by atoms with Crippen molar-refractivity contribution in [3.8, 4) is 0 Å². The van der Waals surface area contributed by atoms with E-state index >= 15 is 0 Å². The first-order valence-electron chi connectivity index (χ1n) is 1.55. The van der Waals surface area contributed by atoms with Crippen molar-refractivity contribution in [1.82, 2.24) is 20.4 Å². The molecule has 0 aliphatic rings. The second-order valence-electron chi connectivity index (χ2n) is 0.815. The zero-order chi connectivity index (χ0) is 5.11. The molecule has 36 valence electrons. The molecule has 0 bridgehead atoms. The van der Waals surface area contributed by atoms with Crippen molar-refractivity contribution in [1.29, 1.82) is 0 Å². The van der Waals surface area contributed by atoms with E-state index in [9.17, 15) is 0 Å². The molecule has 1 aromatic heterocycles. The Morgan fingerprint density at radius 2 is 1.86 bits per heavy atom. The number of hydrogen-bond donors (Lipinski definition) is 0. The van der Waals surface area contributed by atoms with Crippen LogP contribution in [0.4, 0.5) is 0 Å². The van der Waals surface area contributed by atoms with Crippen molar-refractivity contribution >= 4 is 4.30 Å². The summed E-state index contributed by atoms with van der Waals surface area (Å²) in [6.07, 6.45) is 1.31. The number of aromatic nitrogens is 4. The normalized spacial score (nSPS) is 8.71. The molecule has 0 spiro atoms. The van der Waals surface area contributed by atoms with Gasteiger partial charge in [-0.2, -0.15) is 0 Å². The number of nitrogens with zero attached hydrogens (tertiary/aromatic N) is 4. The second kappa shape index (κ2) is 2.05. The van der Waals surface area contributed by atoms with Crippen LogP contribution in [0.15, 0.2) is 6.33 Å². The van der Waals surface area contributed by atoms with E-state index in [1.807, 2.05) is 0 Å². The molecule has 0 saturated heterocycles. The van der Waals surface area contributed by atoms with Gasteiger partial charge < -0.3 is 0 Å². The molecule has 0 amide bonds. The molecular weight excluding hydrogens is 266 g/mol. The summed E-state index contributed by atoms with van der Waals surface area (Å²) in [5.41, 5.74) is 0. The molecule has 0 fully saturated rings. The Bertz CT molecular complexity index is 140. The fourth-order valence-electron chi connectivity index (χ4n) is 0.190. The minimum atomic E-state index is 0.655. The standard InChI is InChI=1S/C2HN4.Re/c1-3-5-2-6-4-1;/h1H;. The summed E-state index contributed by atoms with van der Waals surface area (Å²) in [5, 5.41) is 14.1. The summed E-state index contributed by atoms with van der Waals surface area (Å²) >= 11 is 1.37. The zero-order valence-corrected chi connectivity index (χ0v) is 5.96. The molecule has 0 unspecified atom stereocenters. The van der Waals surface area contributed by atoms with E-state index in [-0.39, 0.29) is 0 Å². The van der Waals surface area contributed by atoms with Crippen molar-refractivity contribution in [2.45, 2.75) is 0 Å². The predicted molar refractivity (Wildman–Crippen MR) is 17.3 cm³/mol. The molecule has 1 rings (SSSR count). The van der Waals surface area contributed by atoms with Crippen molar-refractivity contribution in [2.24, 2.45) is 0 Å². The van der Waals surface area contributed by atoms with E-state index < -0.39 is 0 Å². The van der Waals surface area contributed by atoms with Crippen LogP contribution in [0, 0.1) is 0 Å². The van der Waals surface area contributed by atoms with Gasteiger partial charge in [0.25, 0.3) is 0 Å². The summed E-state index contributed by atoms with van der Waals surface area (Å²) < 4.78 is 0.655. The quantitative estimate of drug-likeness (QED) is 0.570. The molecule has 1 heterocycles. The maximum absolute atomic E-state index is 3.58. The molecule has 0 N–H and O–H groups in total. The third kappa shape index (κ3) is 1.26. The average Bonchev–Trinajstić information content (AvgIpc) is 1.69. The summed E-state index contributed by atoms with van der Waals surface area (Å²) in [6, 6.07) is 0. The molecule has 1 aromatic rings. The van der Waals surface area contributed by atoms with E-state index in [1.165, 1.54) is 25.5 Å².